The van der Waals surface area contributed by atoms with Gasteiger partial charge in [-0.2, -0.15) is 14.6 Å². The van der Waals surface area contributed by atoms with E-state index in [1.54, 1.807) is 35.0 Å². The van der Waals surface area contributed by atoms with E-state index in [1.807, 2.05) is 30.3 Å². The molecule has 3 aromatic heterocycles. The van der Waals surface area contributed by atoms with Crippen molar-refractivity contribution < 1.29 is 0 Å². The van der Waals surface area contributed by atoms with Crippen molar-refractivity contribution in [3.63, 3.8) is 0 Å². The van der Waals surface area contributed by atoms with E-state index in [1.165, 1.54) is 10.9 Å². The molecule has 8 heteroatoms. The lowest BCUT2D eigenvalue weighted by Gasteiger charge is -2.12. The van der Waals surface area contributed by atoms with Crippen molar-refractivity contribution in [3.8, 4) is 16.9 Å². The van der Waals surface area contributed by atoms with Gasteiger partial charge in [0.05, 0.1) is 22.3 Å². The molecule has 0 spiro atoms. The van der Waals surface area contributed by atoms with Crippen LogP contribution in [0.1, 0.15) is 0 Å². The molecule has 0 aliphatic heterocycles. The lowest BCUT2D eigenvalue weighted by atomic mass is 10.1. The minimum Gasteiger partial charge on any atom is -0.283 e. The number of rotatable bonds is 2. The number of fused-ring (bicyclic) bond motifs is 2. The molecular weight excluding hydrogens is 397 g/mol. The zero-order chi connectivity index (χ0) is 19.3. The number of hydrogen-bond acceptors (Lipinski definition) is 4. The highest BCUT2D eigenvalue weighted by Gasteiger charge is 2.17. The summed E-state index contributed by atoms with van der Waals surface area (Å²) in [5.74, 6) is 0.425. The first-order chi connectivity index (χ1) is 13.6. The quantitative estimate of drug-likeness (QED) is 0.434. The van der Waals surface area contributed by atoms with Gasteiger partial charge in [-0.25, -0.2) is 4.98 Å². The van der Waals surface area contributed by atoms with Gasteiger partial charge in [-0.1, -0.05) is 53.5 Å². The Morgan fingerprint density at radius 2 is 1.68 bits per heavy atom. The van der Waals surface area contributed by atoms with Crippen LogP contribution in [0.2, 0.25) is 10.0 Å². The first-order valence-corrected chi connectivity index (χ1v) is 9.14. The van der Waals surface area contributed by atoms with Crippen LogP contribution in [0.3, 0.4) is 0 Å². The van der Waals surface area contributed by atoms with Gasteiger partial charge in [0, 0.05) is 21.8 Å². The Morgan fingerprint density at radius 3 is 2.43 bits per heavy atom. The highest BCUT2D eigenvalue weighted by molar-refractivity contribution is 6.34. The summed E-state index contributed by atoms with van der Waals surface area (Å²) in [5, 5.41) is 5.60. The van der Waals surface area contributed by atoms with Gasteiger partial charge in [-0.05, 0) is 24.3 Å². The van der Waals surface area contributed by atoms with Crippen LogP contribution in [-0.2, 0) is 0 Å². The molecule has 0 amide bonds. The third-order valence-electron chi connectivity index (χ3n) is 4.44. The number of halogens is 2. The molecule has 28 heavy (non-hydrogen) atoms. The predicted octanol–water partition coefficient (Wildman–Crippen LogP) is 4.40. The van der Waals surface area contributed by atoms with E-state index in [2.05, 4.69) is 15.1 Å². The number of benzene rings is 2. The lowest BCUT2D eigenvalue weighted by Crippen LogP contribution is -2.20. The summed E-state index contributed by atoms with van der Waals surface area (Å²) in [6, 6.07) is 16.3. The Morgan fingerprint density at radius 1 is 0.929 bits per heavy atom. The van der Waals surface area contributed by atoms with Crippen molar-refractivity contribution in [1.29, 1.82) is 0 Å². The molecule has 2 aromatic carbocycles. The van der Waals surface area contributed by atoms with E-state index in [9.17, 15) is 4.79 Å². The fourth-order valence-electron chi connectivity index (χ4n) is 3.27. The van der Waals surface area contributed by atoms with Crippen LogP contribution in [0.25, 0.3) is 33.6 Å². The first kappa shape index (κ1) is 16.9. The second kappa shape index (κ2) is 6.44. The second-order valence-electron chi connectivity index (χ2n) is 6.18. The van der Waals surface area contributed by atoms with Crippen molar-refractivity contribution in [1.82, 2.24) is 24.1 Å². The summed E-state index contributed by atoms with van der Waals surface area (Å²) in [4.78, 5) is 22.2. The van der Waals surface area contributed by atoms with Gasteiger partial charge in [0.25, 0.3) is 11.3 Å². The monoisotopic (exact) mass is 407 g/mol. The van der Waals surface area contributed by atoms with Gasteiger partial charge in [-0.15, -0.1) is 0 Å². The van der Waals surface area contributed by atoms with Crippen LogP contribution in [0.15, 0.2) is 71.9 Å². The summed E-state index contributed by atoms with van der Waals surface area (Å²) in [6.45, 7) is 0. The third-order valence-corrected chi connectivity index (χ3v) is 4.88. The van der Waals surface area contributed by atoms with Gasteiger partial charge in [0.15, 0.2) is 0 Å². The van der Waals surface area contributed by atoms with Crippen molar-refractivity contribution >= 4 is 39.9 Å². The lowest BCUT2D eigenvalue weighted by molar-refractivity contribution is 0.948. The molecule has 6 nitrogen and oxygen atoms in total. The fraction of sp³-hybridized carbons (Fsp3) is 0. The van der Waals surface area contributed by atoms with Gasteiger partial charge in [0.2, 0.25) is 0 Å². The molecule has 3 heterocycles. The van der Waals surface area contributed by atoms with E-state index >= 15 is 0 Å². The average Bonchev–Trinajstić information content (AvgIpc) is 3.14. The SMILES string of the molecule is O=c1c2c(-c3ccccc3)n3ncnc3nc2ccn1-c1cc(Cl)cc(Cl)c1. The van der Waals surface area contributed by atoms with Gasteiger partial charge in [-0.3, -0.25) is 9.36 Å². The molecule has 0 saturated carbocycles. The molecule has 0 bridgehead atoms. The van der Waals surface area contributed by atoms with E-state index in [-0.39, 0.29) is 5.56 Å². The molecule has 5 aromatic rings. The normalized spacial score (nSPS) is 11.4. The molecule has 136 valence electrons. The third kappa shape index (κ3) is 2.66. The van der Waals surface area contributed by atoms with Crippen LogP contribution in [0.5, 0.6) is 0 Å². The van der Waals surface area contributed by atoms with Gasteiger partial charge in [0.1, 0.15) is 6.33 Å². The molecule has 0 N–H and O–H groups in total. The highest BCUT2D eigenvalue weighted by Crippen LogP contribution is 2.27. The standard InChI is InChI=1S/C20H11Cl2N5O/c21-13-8-14(22)10-15(9-13)26-7-6-16-17(19(26)28)18(12-4-2-1-3-5-12)27-20(25-16)23-11-24-27/h1-11H. The van der Waals surface area contributed by atoms with Gasteiger partial charge >= 0.3 is 0 Å². The smallest absolute Gasteiger partial charge is 0.266 e. The number of pyridine rings is 1. The molecule has 0 saturated heterocycles. The Bertz CT molecular complexity index is 1390. The Balaban J connectivity index is 1.92. The molecule has 0 unspecified atom stereocenters. The Kier molecular flexibility index (Phi) is 3.89. The zero-order valence-electron chi connectivity index (χ0n) is 14.3. The molecular formula is C20H11Cl2N5O. The Hall–Kier alpha value is -3.22. The minimum absolute atomic E-state index is 0.250. The number of nitrogens with zero attached hydrogens (tertiary/aromatic N) is 5. The fourth-order valence-corrected chi connectivity index (χ4v) is 3.78. The van der Waals surface area contributed by atoms with Gasteiger partial charge < -0.3 is 0 Å². The van der Waals surface area contributed by atoms with E-state index in [0.29, 0.717) is 38.1 Å². The zero-order valence-corrected chi connectivity index (χ0v) is 15.8. The van der Waals surface area contributed by atoms with Crippen LogP contribution in [0.4, 0.5) is 0 Å². The largest absolute Gasteiger partial charge is 0.283 e. The van der Waals surface area contributed by atoms with Crippen molar-refractivity contribution in [2.24, 2.45) is 0 Å². The summed E-state index contributed by atoms with van der Waals surface area (Å²) < 4.78 is 3.07. The van der Waals surface area contributed by atoms with Crippen molar-refractivity contribution in [3.05, 3.63) is 87.5 Å². The van der Waals surface area contributed by atoms with Crippen LogP contribution >= 0.6 is 23.2 Å². The minimum atomic E-state index is -0.250. The van der Waals surface area contributed by atoms with Crippen molar-refractivity contribution in [2.75, 3.05) is 0 Å². The summed E-state index contributed by atoms with van der Waals surface area (Å²) in [7, 11) is 0. The van der Waals surface area contributed by atoms with Crippen molar-refractivity contribution in [2.45, 2.75) is 0 Å². The molecule has 0 aliphatic rings. The van der Waals surface area contributed by atoms with Crippen LogP contribution in [0, 0.1) is 0 Å². The maximum absolute atomic E-state index is 13.5. The summed E-state index contributed by atoms with van der Waals surface area (Å²) in [6.07, 6.45) is 3.07. The summed E-state index contributed by atoms with van der Waals surface area (Å²) >= 11 is 12.3. The van der Waals surface area contributed by atoms with Crippen LogP contribution in [-0.4, -0.2) is 24.1 Å². The molecule has 0 aliphatic carbocycles. The summed E-state index contributed by atoms with van der Waals surface area (Å²) in [5.41, 5.74) is 2.32. The number of aromatic nitrogens is 5. The average molecular weight is 408 g/mol. The first-order valence-electron chi connectivity index (χ1n) is 8.39. The second-order valence-corrected chi connectivity index (χ2v) is 7.05. The number of hydrogen-bond donors (Lipinski definition) is 0. The molecule has 0 fully saturated rings. The van der Waals surface area contributed by atoms with Crippen LogP contribution < -0.4 is 5.56 Å². The maximum Gasteiger partial charge on any atom is 0.266 e. The highest BCUT2D eigenvalue weighted by atomic mass is 35.5. The molecule has 0 atom stereocenters. The molecule has 5 rings (SSSR count). The topological polar surface area (TPSA) is 65.1 Å². The predicted molar refractivity (Wildman–Crippen MR) is 109 cm³/mol. The van der Waals surface area contributed by atoms with E-state index in [0.717, 1.165) is 5.56 Å². The van der Waals surface area contributed by atoms with E-state index < -0.39 is 0 Å². The van der Waals surface area contributed by atoms with E-state index in [4.69, 9.17) is 23.2 Å². The Labute approximate surface area is 168 Å². The molecule has 0 radical (unpaired) electrons. The maximum atomic E-state index is 13.5.